The lowest BCUT2D eigenvalue weighted by molar-refractivity contribution is 0.0946. The molecule has 2 unspecified atom stereocenters. The fraction of sp³-hybridized carbons (Fsp3) is 0.438. The summed E-state index contributed by atoms with van der Waals surface area (Å²) in [6, 6.07) is 5.52. The highest BCUT2D eigenvalue weighted by Gasteiger charge is 2.23. The van der Waals surface area contributed by atoms with E-state index in [1.165, 1.54) is 25.7 Å². The smallest absolute Gasteiger partial charge is 0.253 e. The molecule has 2 atom stereocenters. The molecule has 4 nitrogen and oxygen atoms in total. The number of para-hydroxylation sites is 1. The van der Waals surface area contributed by atoms with Gasteiger partial charge in [0.25, 0.3) is 5.91 Å². The quantitative estimate of drug-likeness (QED) is 0.866. The summed E-state index contributed by atoms with van der Waals surface area (Å²) in [5.74, 6) is 0.454. The molecule has 0 aliphatic heterocycles. The van der Waals surface area contributed by atoms with Crippen LogP contribution in [0.5, 0.6) is 0 Å². The lowest BCUT2D eigenvalue weighted by Crippen LogP contribution is -2.34. The van der Waals surface area contributed by atoms with Crippen LogP contribution in [0, 0.1) is 5.92 Å². The van der Waals surface area contributed by atoms with Crippen molar-refractivity contribution in [2.24, 2.45) is 5.92 Å². The van der Waals surface area contributed by atoms with Crippen LogP contribution in [0.1, 0.15) is 36.0 Å². The number of amides is 1. The number of alkyl halides is 1. The van der Waals surface area contributed by atoms with Crippen LogP contribution < -0.4 is 5.32 Å². The molecule has 1 aromatic heterocycles. The van der Waals surface area contributed by atoms with Gasteiger partial charge in [-0.2, -0.15) is 0 Å². The fourth-order valence-corrected chi connectivity index (χ4v) is 3.66. The van der Waals surface area contributed by atoms with Gasteiger partial charge in [-0.05, 0) is 30.9 Å². The van der Waals surface area contributed by atoms with Gasteiger partial charge in [-0.1, -0.05) is 34.8 Å². The van der Waals surface area contributed by atoms with Crippen molar-refractivity contribution >= 4 is 32.9 Å². The van der Waals surface area contributed by atoms with Crippen molar-refractivity contribution in [3.05, 3.63) is 36.2 Å². The molecule has 1 saturated carbocycles. The van der Waals surface area contributed by atoms with E-state index >= 15 is 0 Å². The predicted octanol–water partition coefficient (Wildman–Crippen LogP) is 3.31. The van der Waals surface area contributed by atoms with Crippen LogP contribution in [-0.4, -0.2) is 27.2 Å². The molecule has 1 fully saturated rings. The zero-order chi connectivity index (χ0) is 14.7. The van der Waals surface area contributed by atoms with Gasteiger partial charge in [0.15, 0.2) is 0 Å². The second-order valence-corrected chi connectivity index (χ2v) is 6.68. The molecule has 0 radical (unpaired) electrons. The number of nitrogens with zero attached hydrogens (tertiary/aromatic N) is 2. The molecule has 0 spiro atoms. The first-order chi connectivity index (χ1) is 10.3. The van der Waals surface area contributed by atoms with Gasteiger partial charge in [-0.15, -0.1) is 0 Å². The number of rotatable bonds is 3. The van der Waals surface area contributed by atoms with Crippen molar-refractivity contribution in [3.8, 4) is 0 Å². The standard InChI is InChI=1S/C16H18BrN3O/c17-13-6-2-1-4-11(13)10-20-16(21)12-5-3-7-14-15(12)19-9-8-18-14/h3,5,7-9,11,13H,1-2,4,6,10H2,(H,20,21). The summed E-state index contributed by atoms with van der Waals surface area (Å²) in [5.41, 5.74) is 2.01. The lowest BCUT2D eigenvalue weighted by Gasteiger charge is -2.27. The summed E-state index contributed by atoms with van der Waals surface area (Å²) >= 11 is 3.73. The molecular weight excluding hydrogens is 330 g/mol. The Labute approximate surface area is 132 Å². The third kappa shape index (κ3) is 3.23. The van der Waals surface area contributed by atoms with E-state index < -0.39 is 0 Å². The topological polar surface area (TPSA) is 54.9 Å². The summed E-state index contributed by atoms with van der Waals surface area (Å²) < 4.78 is 0. The van der Waals surface area contributed by atoms with Crippen LogP contribution in [-0.2, 0) is 0 Å². The molecule has 2 aromatic rings. The van der Waals surface area contributed by atoms with Gasteiger partial charge in [0, 0.05) is 23.8 Å². The molecule has 0 bridgehead atoms. The number of carbonyl (C=O) groups excluding carboxylic acids is 1. The van der Waals surface area contributed by atoms with Crippen LogP contribution in [0.2, 0.25) is 0 Å². The molecule has 1 heterocycles. The van der Waals surface area contributed by atoms with Gasteiger partial charge in [-0.3, -0.25) is 14.8 Å². The highest BCUT2D eigenvalue weighted by atomic mass is 79.9. The minimum Gasteiger partial charge on any atom is -0.352 e. The van der Waals surface area contributed by atoms with Crippen molar-refractivity contribution in [1.29, 1.82) is 0 Å². The monoisotopic (exact) mass is 347 g/mol. The van der Waals surface area contributed by atoms with E-state index in [1.54, 1.807) is 18.5 Å². The van der Waals surface area contributed by atoms with Gasteiger partial charge in [0.2, 0.25) is 0 Å². The Kier molecular flexibility index (Phi) is 4.48. The van der Waals surface area contributed by atoms with Crippen LogP contribution in [0.4, 0.5) is 0 Å². The Hall–Kier alpha value is -1.49. The average molecular weight is 348 g/mol. The maximum absolute atomic E-state index is 12.4. The normalized spacial score (nSPS) is 22.1. The number of carbonyl (C=O) groups is 1. The summed E-state index contributed by atoms with van der Waals surface area (Å²) in [4.78, 5) is 21.4. The number of hydrogen-bond acceptors (Lipinski definition) is 3. The van der Waals surface area contributed by atoms with E-state index in [9.17, 15) is 4.79 Å². The Morgan fingerprint density at radius 2 is 2.05 bits per heavy atom. The van der Waals surface area contributed by atoms with Gasteiger partial charge < -0.3 is 5.32 Å². The summed E-state index contributed by atoms with van der Waals surface area (Å²) in [6.45, 7) is 0.714. The maximum Gasteiger partial charge on any atom is 0.253 e. The van der Waals surface area contributed by atoms with Crippen LogP contribution in [0.3, 0.4) is 0 Å². The zero-order valence-corrected chi connectivity index (χ0v) is 13.3. The number of aromatic nitrogens is 2. The minimum absolute atomic E-state index is 0.0635. The first-order valence-corrected chi connectivity index (χ1v) is 8.29. The molecule has 110 valence electrons. The molecule has 5 heteroatoms. The number of fused-ring (bicyclic) bond motifs is 1. The maximum atomic E-state index is 12.4. The first-order valence-electron chi connectivity index (χ1n) is 7.37. The Morgan fingerprint density at radius 3 is 2.90 bits per heavy atom. The van der Waals surface area contributed by atoms with E-state index in [0.717, 1.165) is 5.52 Å². The van der Waals surface area contributed by atoms with Gasteiger partial charge in [0.05, 0.1) is 11.1 Å². The molecule has 0 saturated heterocycles. The predicted molar refractivity (Wildman–Crippen MR) is 86.5 cm³/mol. The molecule has 1 aromatic carbocycles. The second kappa shape index (κ2) is 6.52. The Balaban J connectivity index is 1.72. The van der Waals surface area contributed by atoms with Gasteiger partial charge >= 0.3 is 0 Å². The zero-order valence-electron chi connectivity index (χ0n) is 11.8. The number of hydrogen-bond donors (Lipinski definition) is 1. The molecule has 21 heavy (non-hydrogen) atoms. The van der Waals surface area contributed by atoms with E-state index in [0.29, 0.717) is 28.4 Å². The van der Waals surface area contributed by atoms with Crippen molar-refractivity contribution in [3.63, 3.8) is 0 Å². The Morgan fingerprint density at radius 1 is 1.24 bits per heavy atom. The number of halogens is 1. The van der Waals surface area contributed by atoms with Crippen molar-refractivity contribution in [2.45, 2.75) is 30.5 Å². The van der Waals surface area contributed by atoms with Crippen molar-refractivity contribution in [2.75, 3.05) is 6.54 Å². The number of nitrogens with one attached hydrogen (secondary N) is 1. The molecule has 1 N–H and O–H groups in total. The summed E-state index contributed by atoms with van der Waals surface area (Å²) in [6.07, 6.45) is 8.16. The average Bonchev–Trinajstić information content (AvgIpc) is 2.53. The van der Waals surface area contributed by atoms with Crippen molar-refractivity contribution in [1.82, 2.24) is 15.3 Å². The minimum atomic E-state index is -0.0635. The molecular formula is C16H18BrN3O. The highest BCUT2D eigenvalue weighted by Crippen LogP contribution is 2.29. The van der Waals surface area contributed by atoms with Crippen LogP contribution in [0.15, 0.2) is 30.6 Å². The van der Waals surface area contributed by atoms with Gasteiger partial charge in [-0.25, -0.2) is 0 Å². The summed E-state index contributed by atoms with van der Waals surface area (Å²) in [5, 5.41) is 3.05. The van der Waals surface area contributed by atoms with E-state index in [1.807, 2.05) is 12.1 Å². The van der Waals surface area contributed by atoms with Crippen molar-refractivity contribution < 1.29 is 4.79 Å². The number of benzene rings is 1. The molecule has 1 aliphatic carbocycles. The van der Waals surface area contributed by atoms with E-state index in [-0.39, 0.29) is 5.91 Å². The third-order valence-corrected chi connectivity index (χ3v) is 5.29. The highest BCUT2D eigenvalue weighted by molar-refractivity contribution is 9.09. The second-order valence-electron chi connectivity index (χ2n) is 5.50. The fourth-order valence-electron chi connectivity index (χ4n) is 2.89. The lowest BCUT2D eigenvalue weighted by atomic mass is 9.89. The van der Waals surface area contributed by atoms with E-state index in [4.69, 9.17) is 0 Å². The van der Waals surface area contributed by atoms with Crippen LogP contribution >= 0.6 is 15.9 Å². The van der Waals surface area contributed by atoms with Gasteiger partial charge in [0.1, 0.15) is 5.52 Å². The molecule has 1 aliphatic rings. The third-order valence-electron chi connectivity index (χ3n) is 4.08. The summed E-state index contributed by atoms with van der Waals surface area (Å²) in [7, 11) is 0. The molecule has 1 amide bonds. The first kappa shape index (κ1) is 14.4. The largest absolute Gasteiger partial charge is 0.352 e. The van der Waals surface area contributed by atoms with Crippen LogP contribution in [0.25, 0.3) is 11.0 Å². The van der Waals surface area contributed by atoms with E-state index in [2.05, 4.69) is 31.2 Å². The Bertz CT molecular complexity index is 641. The SMILES string of the molecule is O=C(NCC1CCCCC1Br)c1cccc2nccnc12. The molecule has 3 rings (SSSR count).